The van der Waals surface area contributed by atoms with E-state index >= 15 is 0 Å². The zero-order valence-electron chi connectivity index (χ0n) is 21.7. The van der Waals surface area contributed by atoms with Crippen molar-refractivity contribution in [3.8, 4) is 0 Å². The number of aliphatic hydroxyl groups is 2. The zero-order chi connectivity index (χ0) is 25.3. The van der Waals surface area contributed by atoms with Gasteiger partial charge in [-0.1, -0.05) is 58.0 Å². The van der Waals surface area contributed by atoms with Crippen LogP contribution in [-0.4, -0.2) is 45.2 Å². The molecule has 4 rings (SSSR count). The van der Waals surface area contributed by atoms with Crippen molar-refractivity contribution in [3.05, 3.63) is 95.1 Å². The fraction of sp³-hybridized carbons (Fsp3) is 0.467. The molecule has 0 bridgehead atoms. The second-order valence-electron chi connectivity index (χ2n) is 10.9. The Morgan fingerprint density at radius 2 is 1.74 bits per heavy atom. The number of likely N-dealkylation sites (tertiary alicyclic amines) is 1. The number of benzene rings is 1. The minimum absolute atomic E-state index is 0.334. The van der Waals surface area contributed by atoms with E-state index in [2.05, 4.69) is 73.0 Å². The maximum absolute atomic E-state index is 12.4. The summed E-state index contributed by atoms with van der Waals surface area (Å²) in [5.41, 5.74) is 2.16. The maximum atomic E-state index is 12.4. The molecule has 0 amide bonds. The van der Waals surface area contributed by atoms with Gasteiger partial charge in [0.25, 0.3) is 0 Å². The van der Waals surface area contributed by atoms with Gasteiger partial charge in [-0.05, 0) is 67.1 Å². The Morgan fingerprint density at radius 1 is 1.03 bits per heavy atom. The lowest BCUT2D eigenvalue weighted by Crippen LogP contribution is -2.63. The second kappa shape index (κ2) is 9.81. The Hall–Kier alpha value is -2.60. The molecule has 1 unspecified atom stereocenters. The van der Waals surface area contributed by atoms with Crippen molar-refractivity contribution in [3.63, 3.8) is 0 Å². The molecule has 2 N–H and O–H groups in total. The van der Waals surface area contributed by atoms with E-state index in [4.69, 9.17) is 0 Å². The minimum atomic E-state index is -1.17. The molecule has 2 atom stereocenters. The summed E-state index contributed by atoms with van der Waals surface area (Å²) in [6.07, 6.45) is 7.12. The highest BCUT2D eigenvalue weighted by Crippen LogP contribution is 2.50. The molecule has 0 radical (unpaired) electrons. The summed E-state index contributed by atoms with van der Waals surface area (Å²) >= 11 is 0. The van der Waals surface area contributed by atoms with Gasteiger partial charge in [-0.15, -0.1) is 0 Å². The molecule has 0 saturated carbocycles. The van der Waals surface area contributed by atoms with Gasteiger partial charge in [0.2, 0.25) is 0 Å². The van der Waals surface area contributed by atoms with E-state index in [1.165, 1.54) is 5.56 Å². The van der Waals surface area contributed by atoms with Crippen LogP contribution in [0.1, 0.15) is 74.4 Å². The van der Waals surface area contributed by atoms with Crippen molar-refractivity contribution in [1.29, 1.82) is 0 Å². The molecule has 5 heteroatoms. The van der Waals surface area contributed by atoms with Crippen molar-refractivity contribution < 1.29 is 10.2 Å². The molecule has 3 aromatic rings. The van der Waals surface area contributed by atoms with Crippen LogP contribution in [0.15, 0.2) is 67.1 Å². The van der Waals surface area contributed by atoms with Crippen molar-refractivity contribution in [2.45, 2.75) is 64.1 Å². The number of hydrogen-bond acceptors (Lipinski definition) is 5. The van der Waals surface area contributed by atoms with Gasteiger partial charge < -0.3 is 15.1 Å². The van der Waals surface area contributed by atoms with Gasteiger partial charge in [-0.3, -0.25) is 9.97 Å². The van der Waals surface area contributed by atoms with E-state index in [9.17, 15) is 10.2 Å². The monoisotopic (exact) mass is 473 g/mol. The van der Waals surface area contributed by atoms with E-state index in [0.29, 0.717) is 30.9 Å². The molecule has 1 saturated heterocycles. The fourth-order valence-corrected chi connectivity index (χ4v) is 5.64. The van der Waals surface area contributed by atoms with Gasteiger partial charge >= 0.3 is 0 Å². The Morgan fingerprint density at radius 3 is 2.31 bits per heavy atom. The van der Waals surface area contributed by atoms with Gasteiger partial charge in [0.1, 0.15) is 11.2 Å². The molecule has 3 heterocycles. The summed E-state index contributed by atoms with van der Waals surface area (Å²) < 4.78 is 0. The Kier molecular flexibility index (Phi) is 7.14. The van der Waals surface area contributed by atoms with Crippen LogP contribution in [0, 0.1) is 5.41 Å². The third kappa shape index (κ3) is 4.77. The van der Waals surface area contributed by atoms with Crippen molar-refractivity contribution in [2.24, 2.45) is 5.41 Å². The van der Waals surface area contributed by atoms with Crippen molar-refractivity contribution >= 4 is 0 Å². The van der Waals surface area contributed by atoms with E-state index < -0.39 is 11.2 Å². The first kappa shape index (κ1) is 25.5. The average molecular weight is 474 g/mol. The van der Waals surface area contributed by atoms with Gasteiger partial charge in [0.05, 0.1) is 5.69 Å². The second-order valence-corrected chi connectivity index (χ2v) is 10.9. The van der Waals surface area contributed by atoms with Gasteiger partial charge in [0.15, 0.2) is 0 Å². The van der Waals surface area contributed by atoms with E-state index in [1.807, 2.05) is 31.3 Å². The predicted octanol–water partition coefficient (Wildman–Crippen LogP) is 5.02. The molecule has 186 valence electrons. The molecule has 1 aliphatic rings. The fourth-order valence-electron chi connectivity index (χ4n) is 5.64. The number of pyridine rings is 2. The third-order valence-corrected chi connectivity index (χ3v) is 7.87. The van der Waals surface area contributed by atoms with E-state index in [0.717, 1.165) is 29.8 Å². The molecule has 1 aliphatic heterocycles. The van der Waals surface area contributed by atoms with Crippen LogP contribution in [0.2, 0.25) is 0 Å². The Balaban J connectivity index is 1.67. The number of aromatic nitrogens is 2. The Bertz CT molecular complexity index is 1130. The van der Waals surface area contributed by atoms with Crippen molar-refractivity contribution in [1.82, 2.24) is 14.9 Å². The maximum Gasteiger partial charge on any atom is 0.124 e. The third-order valence-electron chi connectivity index (χ3n) is 7.87. The molecule has 2 aromatic heterocycles. The minimum Gasteiger partial charge on any atom is -0.384 e. The van der Waals surface area contributed by atoms with Crippen LogP contribution in [0.3, 0.4) is 0 Å². The van der Waals surface area contributed by atoms with Crippen LogP contribution in [0.25, 0.3) is 0 Å². The summed E-state index contributed by atoms with van der Waals surface area (Å²) in [4.78, 5) is 11.2. The molecule has 0 aliphatic carbocycles. The lowest BCUT2D eigenvalue weighted by molar-refractivity contribution is -0.127. The smallest absolute Gasteiger partial charge is 0.124 e. The van der Waals surface area contributed by atoms with Crippen LogP contribution < -0.4 is 0 Å². The first-order chi connectivity index (χ1) is 16.6. The highest BCUT2D eigenvalue weighted by atomic mass is 16.3. The zero-order valence-corrected chi connectivity index (χ0v) is 21.7. The van der Waals surface area contributed by atoms with Crippen LogP contribution in [0.5, 0.6) is 0 Å². The summed E-state index contributed by atoms with van der Waals surface area (Å²) in [5, 5.41) is 23.7. The SMILES string of the molecule is CCC(O)(CCc1cncc([C@@](O)(c2ccc(C(C)C)cc2)C2(C)CN(C)C2)c1)c1ccccn1. The average Bonchev–Trinajstić information content (AvgIpc) is 2.86. The summed E-state index contributed by atoms with van der Waals surface area (Å²) in [5.74, 6) is 0.434. The molecular weight excluding hydrogens is 434 g/mol. The highest BCUT2D eigenvalue weighted by Gasteiger charge is 2.55. The summed E-state index contributed by atoms with van der Waals surface area (Å²) in [6, 6.07) is 16.1. The van der Waals surface area contributed by atoms with Crippen molar-refractivity contribution in [2.75, 3.05) is 20.1 Å². The normalized spacial score (nSPS) is 19.1. The predicted molar refractivity (Wildman–Crippen MR) is 140 cm³/mol. The summed E-state index contributed by atoms with van der Waals surface area (Å²) in [6.45, 7) is 10.1. The largest absolute Gasteiger partial charge is 0.384 e. The van der Waals surface area contributed by atoms with Gasteiger partial charge in [0, 0.05) is 42.7 Å². The summed E-state index contributed by atoms with van der Waals surface area (Å²) in [7, 11) is 2.09. The van der Waals surface area contributed by atoms with E-state index in [-0.39, 0.29) is 5.41 Å². The Labute approximate surface area is 209 Å². The van der Waals surface area contributed by atoms with E-state index in [1.54, 1.807) is 12.4 Å². The van der Waals surface area contributed by atoms with Crippen LogP contribution in [-0.2, 0) is 17.6 Å². The van der Waals surface area contributed by atoms with Crippen LogP contribution >= 0.6 is 0 Å². The number of rotatable bonds is 9. The first-order valence-corrected chi connectivity index (χ1v) is 12.7. The topological polar surface area (TPSA) is 69.5 Å². The molecular formula is C30H39N3O2. The molecule has 1 aromatic carbocycles. The molecule has 1 fully saturated rings. The molecule has 5 nitrogen and oxygen atoms in total. The van der Waals surface area contributed by atoms with Gasteiger partial charge in [-0.2, -0.15) is 0 Å². The first-order valence-electron chi connectivity index (χ1n) is 12.7. The lowest BCUT2D eigenvalue weighted by Gasteiger charge is -2.56. The highest BCUT2D eigenvalue weighted by molar-refractivity contribution is 5.42. The lowest BCUT2D eigenvalue weighted by atomic mass is 9.62. The standard InChI is InChI=1S/C30H39N3O2/c1-6-29(34,27-9-7-8-16-32-27)15-14-23-17-26(19-31-18-23)30(35,28(4)20-33(5)21-28)25-12-10-24(11-13-25)22(2)3/h7-13,16-19,22,34-35H,6,14-15,20-21H2,1-5H3/t29?,30-/m0/s1. The number of aryl methyl sites for hydroxylation is 1. The number of nitrogens with zero attached hydrogens (tertiary/aromatic N) is 3. The molecule has 35 heavy (non-hydrogen) atoms. The van der Waals surface area contributed by atoms with Gasteiger partial charge in [-0.25, -0.2) is 0 Å². The van der Waals surface area contributed by atoms with Crippen LogP contribution in [0.4, 0.5) is 0 Å². The molecule has 0 spiro atoms. The number of hydrogen-bond donors (Lipinski definition) is 2. The quantitative estimate of drug-likeness (QED) is 0.457.